The zero-order valence-corrected chi connectivity index (χ0v) is 10.5. The molecule has 0 radical (unpaired) electrons. The standard InChI is InChI=1S/C11H16BrN3/c1-9-7-15(5-4-13-9)8-10-2-3-14-11(12)6-10/h2-3,6,9,13H,4-5,7-8H2,1H3/t9-/m0/s1. The lowest BCUT2D eigenvalue weighted by molar-refractivity contribution is 0.199. The normalized spacial score (nSPS) is 22.9. The molecule has 1 fully saturated rings. The maximum atomic E-state index is 4.13. The van der Waals surface area contributed by atoms with Crippen LogP contribution in [0.3, 0.4) is 0 Å². The molecule has 1 aromatic heterocycles. The molecule has 1 aliphatic rings. The van der Waals surface area contributed by atoms with Gasteiger partial charge in [-0.25, -0.2) is 4.98 Å². The fourth-order valence-corrected chi connectivity index (χ4v) is 2.37. The van der Waals surface area contributed by atoms with Crippen LogP contribution in [0.1, 0.15) is 12.5 Å². The number of hydrogen-bond acceptors (Lipinski definition) is 3. The van der Waals surface area contributed by atoms with Crippen LogP contribution in [0.5, 0.6) is 0 Å². The number of hydrogen-bond donors (Lipinski definition) is 1. The van der Waals surface area contributed by atoms with Gasteiger partial charge in [0, 0.05) is 38.4 Å². The molecular weight excluding hydrogens is 254 g/mol. The largest absolute Gasteiger partial charge is 0.312 e. The quantitative estimate of drug-likeness (QED) is 0.828. The molecule has 0 unspecified atom stereocenters. The van der Waals surface area contributed by atoms with Gasteiger partial charge in [-0.05, 0) is 40.5 Å². The lowest BCUT2D eigenvalue weighted by Gasteiger charge is -2.31. The zero-order chi connectivity index (χ0) is 10.7. The highest BCUT2D eigenvalue weighted by Crippen LogP contribution is 2.11. The molecule has 2 heterocycles. The number of nitrogens with zero attached hydrogens (tertiary/aromatic N) is 2. The summed E-state index contributed by atoms with van der Waals surface area (Å²) < 4.78 is 0.920. The van der Waals surface area contributed by atoms with Crippen molar-refractivity contribution in [3.63, 3.8) is 0 Å². The molecule has 0 amide bonds. The SMILES string of the molecule is C[C@H]1CN(Cc2ccnc(Br)c2)CCN1. The first-order valence-corrected chi connectivity index (χ1v) is 6.09. The Morgan fingerprint density at radius 1 is 1.67 bits per heavy atom. The highest BCUT2D eigenvalue weighted by molar-refractivity contribution is 9.10. The highest BCUT2D eigenvalue weighted by Gasteiger charge is 2.15. The van der Waals surface area contributed by atoms with Crippen LogP contribution in [0.25, 0.3) is 0 Å². The zero-order valence-electron chi connectivity index (χ0n) is 8.91. The Morgan fingerprint density at radius 3 is 3.27 bits per heavy atom. The molecule has 82 valence electrons. The van der Waals surface area contributed by atoms with E-state index in [9.17, 15) is 0 Å². The molecule has 0 spiro atoms. The number of halogens is 1. The summed E-state index contributed by atoms with van der Waals surface area (Å²) in [5, 5.41) is 3.45. The van der Waals surface area contributed by atoms with Crippen LogP contribution in [0.4, 0.5) is 0 Å². The average Bonchev–Trinajstić information content (AvgIpc) is 2.17. The van der Waals surface area contributed by atoms with Gasteiger partial charge in [-0.3, -0.25) is 4.90 Å². The molecular formula is C11H16BrN3. The molecule has 0 saturated carbocycles. The second-order valence-corrected chi connectivity index (χ2v) is 4.89. The highest BCUT2D eigenvalue weighted by atomic mass is 79.9. The predicted molar refractivity (Wildman–Crippen MR) is 64.7 cm³/mol. The summed E-state index contributed by atoms with van der Waals surface area (Å²) in [6.07, 6.45) is 1.85. The van der Waals surface area contributed by atoms with Crippen molar-refractivity contribution in [3.05, 3.63) is 28.5 Å². The van der Waals surface area contributed by atoms with Crippen LogP contribution >= 0.6 is 15.9 Å². The third-order valence-corrected chi connectivity index (χ3v) is 3.08. The van der Waals surface area contributed by atoms with E-state index in [1.165, 1.54) is 5.56 Å². The summed E-state index contributed by atoms with van der Waals surface area (Å²) in [5.74, 6) is 0. The monoisotopic (exact) mass is 269 g/mol. The molecule has 1 aromatic rings. The van der Waals surface area contributed by atoms with Crippen molar-refractivity contribution in [2.45, 2.75) is 19.5 Å². The minimum absolute atomic E-state index is 0.601. The van der Waals surface area contributed by atoms with Crippen LogP contribution in [0.15, 0.2) is 22.9 Å². The van der Waals surface area contributed by atoms with Gasteiger partial charge in [-0.1, -0.05) is 0 Å². The average molecular weight is 270 g/mol. The van der Waals surface area contributed by atoms with E-state index in [1.807, 2.05) is 6.20 Å². The van der Waals surface area contributed by atoms with Gasteiger partial charge in [0.1, 0.15) is 4.60 Å². The predicted octanol–water partition coefficient (Wildman–Crippen LogP) is 1.64. The van der Waals surface area contributed by atoms with E-state index in [0.29, 0.717) is 6.04 Å². The Hall–Kier alpha value is -0.450. The van der Waals surface area contributed by atoms with Crippen molar-refractivity contribution in [3.8, 4) is 0 Å². The second-order valence-electron chi connectivity index (χ2n) is 4.08. The molecule has 0 bridgehead atoms. The first kappa shape index (κ1) is 11.0. The van der Waals surface area contributed by atoms with Crippen LogP contribution < -0.4 is 5.32 Å². The second kappa shape index (κ2) is 5.05. The number of rotatable bonds is 2. The lowest BCUT2D eigenvalue weighted by Crippen LogP contribution is -2.48. The Kier molecular flexibility index (Phi) is 3.72. The Morgan fingerprint density at radius 2 is 2.53 bits per heavy atom. The number of aromatic nitrogens is 1. The van der Waals surface area contributed by atoms with E-state index in [2.05, 4.69) is 50.2 Å². The number of nitrogens with one attached hydrogen (secondary N) is 1. The van der Waals surface area contributed by atoms with Gasteiger partial charge >= 0.3 is 0 Å². The van der Waals surface area contributed by atoms with Gasteiger partial charge in [-0.2, -0.15) is 0 Å². The van der Waals surface area contributed by atoms with Gasteiger partial charge in [0.2, 0.25) is 0 Å². The van der Waals surface area contributed by atoms with E-state index in [-0.39, 0.29) is 0 Å². The van der Waals surface area contributed by atoms with Crippen molar-refractivity contribution in [1.82, 2.24) is 15.2 Å². The molecule has 1 aliphatic heterocycles. The van der Waals surface area contributed by atoms with Gasteiger partial charge in [-0.15, -0.1) is 0 Å². The van der Waals surface area contributed by atoms with Crippen LogP contribution in [-0.2, 0) is 6.54 Å². The third kappa shape index (κ3) is 3.26. The van der Waals surface area contributed by atoms with Crippen molar-refractivity contribution >= 4 is 15.9 Å². The fraction of sp³-hybridized carbons (Fsp3) is 0.545. The molecule has 0 aliphatic carbocycles. The van der Waals surface area contributed by atoms with Crippen molar-refractivity contribution in [1.29, 1.82) is 0 Å². The van der Waals surface area contributed by atoms with E-state index in [1.54, 1.807) is 0 Å². The summed E-state index contributed by atoms with van der Waals surface area (Å²) in [7, 11) is 0. The Balaban J connectivity index is 1.96. The van der Waals surface area contributed by atoms with Gasteiger partial charge in [0.25, 0.3) is 0 Å². The minimum atomic E-state index is 0.601. The summed E-state index contributed by atoms with van der Waals surface area (Å²) in [6, 6.07) is 4.77. The van der Waals surface area contributed by atoms with E-state index >= 15 is 0 Å². The Labute approximate surface area is 99.0 Å². The number of pyridine rings is 1. The molecule has 4 heteroatoms. The summed E-state index contributed by atoms with van der Waals surface area (Å²) in [5.41, 5.74) is 1.32. The topological polar surface area (TPSA) is 28.2 Å². The molecule has 1 atom stereocenters. The summed E-state index contributed by atoms with van der Waals surface area (Å²) in [6.45, 7) is 6.60. The van der Waals surface area contributed by atoms with E-state index < -0.39 is 0 Å². The van der Waals surface area contributed by atoms with Crippen molar-refractivity contribution < 1.29 is 0 Å². The van der Waals surface area contributed by atoms with E-state index in [4.69, 9.17) is 0 Å². The summed E-state index contributed by atoms with van der Waals surface area (Å²) in [4.78, 5) is 6.61. The fourth-order valence-electron chi connectivity index (χ4n) is 1.95. The molecule has 3 nitrogen and oxygen atoms in total. The van der Waals surface area contributed by atoms with Gasteiger partial charge in [0.15, 0.2) is 0 Å². The molecule has 1 N–H and O–H groups in total. The molecule has 15 heavy (non-hydrogen) atoms. The first-order chi connectivity index (χ1) is 7.24. The minimum Gasteiger partial charge on any atom is -0.312 e. The first-order valence-electron chi connectivity index (χ1n) is 5.30. The van der Waals surface area contributed by atoms with Crippen molar-refractivity contribution in [2.75, 3.05) is 19.6 Å². The molecule has 0 aromatic carbocycles. The maximum Gasteiger partial charge on any atom is 0.106 e. The maximum absolute atomic E-state index is 4.13. The van der Waals surface area contributed by atoms with Crippen LogP contribution in [0.2, 0.25) is 0 Å². The van der Waals surface area contributed by atoms with E-state index in [0.717, 1.165) is 30.8 Å². The molecule has 1 saturated heterocycles. The Bertz CT molecular complexity index is 329. The lowest BCUT2D eigenvalue weighted by atomic mass is 10.2. The molecule has 2 rings (SSSR count). The van der Waals surface area contributed by atoms with Gasteiger partial charge < -0.3 is 5.32 Å². The smallest absolute Gasteiger partial charge is 0.106 e. The number of piperazine rings is 1. The summed E-state index contributed by atoms with van der Waals surface area (Å²) >= 11 is 3.40. The van der Waals surface area contributed by atoms with Crippen molar-refractivity contribution in [2.24, 2.45) is 0 Å². The van der Waals surface area contributed by atoms with Gasteiger partial charge in [0.05, 0.1) is 0 Å². The van der Waals surface area contributed by atoms with Crippen LogP contribution in [-0.4, -0.2) is 35.6 Å². The third-order valence-electron chi connectivity index (χ3n) is 2.65. The van der Waals surface area contributed by atoms with Crippen LogP contribution in [0, 0.1) is 0 Å².